The normalized spacial score (nSPS) is 19.2. The van der Waals surface area contributed by atoms with Gasteiger partial charge in [-0.1, -0.05) is 18.2 Å². The summed E-state index contributed by atoms with van der Waals surface area (Å²) in [7, 11) is 0. The zero-order valence-electron chi connectivity index (χ0n) is 15.9. The lowest BCUT2D eigenvalue weighted by molar-refractivity contribution is -0.125. The fourth-order valence-corrected chi connectivity index (χ4v) is 5.25. The van der Waals surface area contributed by atoms with E-state index in [2.05, 4.69) is 5.32 Å². The van der Waals surface area contributed by atoms with Crippen LogP contribution in [0.4, 0.5) is 4.39 Å². The second kappa shape index (κ2) is 8.43. The van der Waals surface area contributed by atoms with Gasteiger partial charge in [-0.15, -0.1) is 11.3 Å². The molecule has 1 N–H and O–H groups in total. The van der Waals surface area contributed by atoms with Crippen molar-refractivity contribution in [1.82, 2.24) is 10.2 Å². The van der Waals surface area contributed by atoms with Crippen LogP contribution in [0.15, 0.2) is 30.3 Å². The number of hydrogen-bond acceptors (Lipinski definition) is 3. The second-order valence-electron chi connectivity index (χ2n) is 7.66. The molecule has 0 spiro atoms. The Hall–Kier alpha value is -2.21. The molecular weight excluding hydrogens is 375 g/mol. The van der Waals surface area contributed by atoms with Gasteiger partial charge in [0, 0.05) is 36.0 Å². The summed E-state index contributed by atoms with van der Waals surface area (Å²) < 4.78 is 13.7. The Morgan fingerprint density at radius 2 is 1.96 bits per heavy atom. The van der Waals surface area contributed by atoms with E-state index in [1.165, 1.54) is 17.4 Å². The average molecular weight is 401 g/mol. The predicted molar refractivity (Wildman–Crippen MR) is 108 cm³/mol. The van der Waals surface area contributed by atoms with E-state index in [-0.39, 0.29) is 30.1 Å². The van der Waals surface area contributed by atoms with Gasteiger partial charge in [-0.05, 0) is 56.2 Å². The molecule has 2 amide bonds. The van der Waals surface area contributed by atoms with E-state index < -0.39 is 0 Å². The Balaban J connectivity index is 1.37. The highest BCUT2D eigenvalue weighted by Crippen LogP contribution is 2.33. The van der Waals surface area contributed by atoms with E-state index >= 15 is 0 Å². The van der Waals surface area contributed by atoms with Crippen molar-refractivity contribution in [2.24, 2.45) is 5.92 Å². The van der Waals surface area contributed by atoms with Crippen LogP contribution in [0.1, 0.15) is 51.4 Å². The fraction of sp³-hybridized carbons (Fsp3) is 0.455. The van der Waals surface area contributed by atoms with Gasteiger partial charge in [0.15, 0.2) is 0 Å². The molecule has 1 aliphatic heterocycles. The van der Waals surface area contributed by atoms with E-state index in [0.717, 1.165) is 49.2 Å². The molecule has 1 fully saturated rings. The summed E-state index contributed by atoms with van der Waals surface area (Å²) in [5, 5.41) is 2.87. The second-order valence-corrected chi connectivity index (χ2v) is 8.80. The third-order valence-electron chi connectivity index (χ3n) is 5.72. The number of thiophene rings is 1. The van der Waals surface area contributed by atoms with Crippen LogP contribution in [0.5, 0.6) is 0 Å². The van der Waals surface area contributed by atoms with Crippen molar-refractivity contribution in [1.29, 1.82) is 0 Å². The molecule has 0 unspecified atom stereocenters. The van der Waals surface area contributed by atoms with Crippen LogP contribution in [0.3, 0.4) is 0 Å². The van der Waals surface area contributed by atoms with Gasteiger partial charge in [-0.3, -0.25) is 9.59 Å². The van der Waals surface area contributed by atoms with Gasteiger partial charge >= 0.3 is 0 Å². The molecule has 148 valence electrons. The van der Waals surface area contributed by atoms with Crippen molar-refractivity contribution in [3.63, 3.8) is 0 Å². The lowest BCUT2D eigenvalue weighted by atomic mass is 9.87. The van der Waals surface area contributed by atoms with Crippen LogP contribution in [0, 0.1) is 11.7 Å². The maximum Gasteiger partial charge on any atom is 0.263 e. The first-order valence-corrected chi connectivity index (χ1v) is 10.9. The predicted octanol–water partition coefficient (Wildman–Crippen LogP) is 3.93. The highest BCUT2D eigenvalue weighted by Gasteiger charge is 2.28. The number of likely N-dealkylation sites (tertiary alicyclic amines) is 1. The lowest BCUT2D eigenvalue weighted by Crippen LogP contribution is -2.35. The maximum absolute atomic E-state index is 13.7. The summed E-state index contributed by atoms with van der Waals surface area (Å²) in [6, 6.07) is 8.49. The fourth-order valence-electron chi connectivity index (χ4n) is 4.07. The summed E-state index contributed by atoms with van der Waals surface area (Å²) in [5.41, 5.74) is 1.62. The van der Waals surface area contributed by atoms with Gasteiger partial charge in [-0.25, -0.2) is 4.39 Å². The molecule has 0 saturated carbocycles. The molecule has 2 aliphatic rings. The third kappa shape index (κ3) is 4.12. The van der Waals surface area contributed by atoms with Crippen molar-refractivity contribution in [2.75, 3.05) is 13.1 Å². The summed E-state index contributed by atoms with van der Waals surface area (Å²) in [4.78, 5) is 29.3. The summed E-state index contributed by atoms with van der Waals surface area (Å²) in [6.45, 7) is 1.90. The van der Waals surface area contributed by atoms with E-state index in [1.54, 1.807) is 29.5 Å². The van der Waals surface area contributed by atoms with Crippen molar-refractivity contribution >= 4 is 23.2 Å². The Morgan fingerprint density at radius 3 is 2.75 bits per heavy atom. The van der Waals surface area contributed by atoms with E-state index in [1.807, 2.05) is 11.0 Å². The number of halogens is 1. The number of fused-ring (bicyclic) bond motifs is 1. The molecule has 1 aromatic carbocycles. The number of nitrogens with one attached hydrogen (secondary N) is 1. The zero-order chi connectivity index (χ0) is 19.5. The van der Waals surface area contributed by atoms with E-state index in [9.17, 15) is 14.0 Å². The molecule has 0 radical (unpaired) electrons. The highest BCUT2D eigenvalue weighted by molar-refractivity contribution is 7.14. The molecule has 2 heterocycles. The zero-order valence-corrected chi connectivity index (χ0v) is 16.7. The van der Waals surface area contributed by atoms with Gasteiger partial charge in [-0.2, -0.15) is 0 Å². The van der Waals surface area contributed by atoms with Crippen LogP contribution in [-0.2, 0) is 24.2 Å². The van der Waals surface area contributed by atoms with E-state index in [0.29, 0.717) is 12.0 Å². The van der Waals surface area contributed by atoms with Gasteiger partial charge in [0.1, 0.15) is 5.82 Å². The van der Waals surface area contributed by atoms with Crippen LogP contribution in [-0.4, -0.2) is 29.8 Å². The molecule has 1 aromatic heterocycles. The molecule has 4 rings (SSSR count). The van der Waals surface area contributed by atoms with Crippen LogP contribution in [0.2, 0.25) is 0 Å². The number of nitrogens with zero attached hydrogens (tertiary/aromatic N) is 1. The summed E-state index contributed by atoms with van der Waals surface area (Å²) >= 11 is 1.59. The molecule has 4 nitrogen and oxygen atoms in total. The standard InChI is InChI=1S/C22H25FN2O2S/c23-18-7-3-2-6-16(18)14-24-21(26)15-8-9-19-17(12-15)13-20(28-19)22(27)25-10-4-1-5-11-25/h2-3,6-7,13,15H,1,4-5,8-12,14H2,(H,24,26)/t15-/m0/s1. The number of piperidine rings is 1. The number of aryl methyl sites for hydroxylation is 1. The number of rotatable bonds is 4. The molecule has 2 aromatic rings. The van der Waals surface area contributed by atoms with E-state index in [4.69, 9.17) is 0 Å². The van der Waals surface area contributed by atoms with Crippen molar-refractivity contribution < 1.29 is 14.0 Å². The van der Waals surface area contributed by atoms with Crippen molar-refractivity contribution in [3.8, 4) is 0 Å². The number of amides is 2. The number of hydrogen-bond donors (Lipinski definition) is 1. The van der Waals surface area contributed by atoms with Gasteiger partial charge in [0.2, 0.25) is 5.91 Å². The van der Waals surface area contributed by atoms with Crippen LogP contribution < -0.4 is 5.32 Å². The van der Waals surface area contributed by atoms with Crippen molar-refractivity contribution in [3.05, 3.63) is 57.0 Å². The number of benzene rings is 1. The first-order valence-electron chi connectivity index (χ1n) is 10.0. The SMILES string of the molecule is O=C(NCc1ccccc1F)[C@H]1CCc2sc(C(=O)N3CCCCC3)cc2C1. The Morgan fingerprint density at radius 1 is 1.18 bits per heavy atom. The maximum atomic E-state index is 13.7. The van der Waals surface area contributed by atoms with Gasteiger partial charge in [0.05, 0.1) is 4.88 Å². The molecule has 1 atom stereocenters. The molecule has 1 aliphatic carbocycles. The molecule has 0 bridgehead atoms. The van der Waals surface area contributed by atoms with Crippen molar-refractivity contribution in [2.45, 2.75) is 45.1 Å². The highest BCUT2D eigenvalue weighted by atomic mass is 32.1. The molecule has 28 heavy (non-hydrogen) atoms. The lowest BCUT2D eigenvalue weighted by Gasteiger charge is -2.26. The van der Waals surface area contributed by atoms with Crippen LogP contribution >= 0.6 is 11.3 Å². The summed E-state index contributed by atoms with van der Waals surface area (Å²) in [6.07, 6.45) is 5.62. The Bertz CT molecular complexity index is 873. The third-order valence-corrected chi connectivity index (χ3v) is 6.94. The number of carbonyl (C=O) groups is 2. The minimum atomic E-state index is -0.299. The quantitative estimate of drug-likeness (QED) is 0.845. The average Bonchev–Trinajstić information content (AvgIpc) is 3.16. The number of carbonyl (C=O) groups excluding carboxylic acids is 2. The van der Waals surface area contributed by atoms with Crippen LogP contribution in [0.25, 0.3) is 0 Å². The Labute approximate surface area is 168 Å². The minimum absolute atomic E-state index is 0.0380. The smallest absolute Gasteiger partial charge is 0.263 e. The molecule has 6 heteroatoms. The first-order chi connectivity index (χ1) is 13.6. The molecule has 1 saturated heterocycles. The van der Waals surface area contributed by atoms with Gasteiger partial charge in [0.25, 0.3) is 5.91 Å². The summed E-state index contributed by atoms with van der Waals surface area (Å²) in [5.74, 6) is -0.317. The van der Waals surface area contributed by atoms with Gasteiger partial charge < -0.3 is 10.2 Å². The largest absolute Gasteiger partial charge is 0.352 e. The monoisotopic (exact) mass is 400 g/mol. The topological polar surface area (TPSA) is 49.4 Å². The minimum Gasteiger partial charge on any atom is -0.352 e. The molecular formula is C22H25FN2O2S. The Kier molecular flexibility index (Phi) is 5.76. The first kappa shape index (κ1) is 19.1.